The Labute approximate surface area is 170 Å². The summed E-state index contributed by atoms with van der Waals surface area (Å²) in [4.78, 5) is 10.7. The van der Waals surface area contributed by atoms with Crippen molar-refractivity contribution in [2.45, 2.75) is 11.8 Å². The van der Waals surface area contributed by atoms with E-state index >= 15 is 0 Å². The minimum Gasteiger partial charge on any atom is -0.354 e. The van der Waals surface area contributed by atoms with Gasteiger partial charge >= 0.3 is 0 Å². The van der Waals surface area contributed by atoms with Crippen molar-refractivity contribution in [3.05, 3.63) is 45.8 Å². The molecule has 142 valence electrons. The second-order valence-electron chi connectivity index (χ2n) is 6.19. The number of benzene rings is 1. The number of nitrogens with zero attached hydrogens (tertiary/aromatic N) is 6. The molecule has 3 aromatic rings. The maximum Gasteiger partial charge on any atom is 0.254 e. The van der Waals surface area contributed by atoms with Crippen molar-refractivity contribution < 1.29 is 8.42 Å². The van der Waals surface area contributed by atoms with Crippen molar-refractivity contribution in [1.82, 2.24) is 23.9 Å². The van der Waals surface area contributed by atoms with Gasteiger partial charge in [-0.3, -0.25) is 0 Å². The van der Waals surface area contributed by atoms with Gasteiger partial charge in [-0.25, -0.2) is 13.4 Å². The minimum absolute atomic E-state index is 0.124. The molecule has 2 aromatic heterocycles. The molecule has 4 rings (SSSR count). The molecule has 0 radical (unpaired) electrons. The highest BCUT2D eigenvalue weighted by molar-refractivity contribution is 9.10. The van der Waals surface area contributed by atoms with Crippen LogP contribution in [0.2, 0.25) is 5.02 Å². The zero-order valence-electron chi connectivity index (χ0n) is 14.4. The summed E-state index contributed by atoms with van der Waals surface area (Å²) in [5.74, 6) is 1.38. The van der Waals surface area contributed by atoms with Crippen LogP contribution in [0.25, 0.3) is 5.78 Å². The average molecular weight is 472 g/mol. The Morgan fingerprint density at radius 2 is 1.89 bits per heavy atom. The van der Waals surface area contributed by atoms with Gasteiger partial charge in [0.15, 0.2) is 0 Å². The zero-order valence-corrected chi connectivity index (χ0v) is 17.5. The van der Waals surface area contributed by atoms with Crippen LogP contribution in [-0.2, 0) is 10.0 Å². The lowest BCUT2D eigenvalue weighted by atomic mass is 10.3. The summed E-state index contributed by atoms with van der Waals surface area (Å²) >= 11 is 9.45. The number of hydrogen-bond acceptors (Lipinski definition) is 6. The van der Waals surface area contributed by atoms with Gasteiger partial charge in [0.2, 0.25) is 10.0 Å². The molecule has 3 heterocycles. The van der Waals surface area contributed by atoms with Gasteiger partial charge in [-0.1, -0.05) is 27.5 Å². The minimum atomic E-state index is -3.65. The third kappa shape index (κ3) is 3.42. The summed E-state index contributed by atoms with van der Waals surface area (Å²) in [6, 6.07) is 6.72. The smallest absolute Gasteiger partial charge is 0.254 e. The predicted molar refractivity (Wildman–Crippen MR) is 106 cm³/mol. The number of aryl methyl sites for hydroxylation is 1. The largest absolute Gasteiger partial charge is 0.354 e. The van der Waals surface area contributed by atoms with E-state index in [0.717, 1.165) is 16.0 Å². The van der Waals surface area contributed by atoms with Crippen molar-refractivity contribution >= 4 is 49.1 Å². The van der Waals surface area contributed by atoms with E-state index in [1.54, 1.807) is 16.6 Å². The van der Waals surface area contributed by atoms with Crippen molar-refractivity contribution in [2.75, 3.05) is 31.1 Å². The van der Waals surface area contributed by atoms with Gasteiger partial charge in [-0.15, -0.1) is 0 Å². The van der Waals surface area contributed by atoms with Crippen molar-refractivity contribution in [1.29, 1.82) is 0 Å². The molecule has 1 aliphatic heterocycles. The van der Waals surface area contributed by atoms with Gasteiger partial charge in [0.1, 0.15) is 17.0 Å². The van der Waals surface area contributed by atoms with E-state index in [9.17, 15) is 8.42 Å². The van der Waals surface area contributed by atoms with Crippen LogP contribution in [0, 0.1) is 6.92 Å². The summed E-state index contributed by atoms with van der Waals surface area (Å²) in [7, 11) is -3.65. The molecular formula is C16H16BrClN6O2S. The fraction of sp³-hybridized carbons (Fsp3) is 0.312. The van der Waals surface area contributed by atoms with Gasteiger partial charge in [0.25, 0.3) is 5.78 Å². The van der Waals surface area contributed by atoms with Crippen molar-refractivity contribution in [3.8, 4) is 0 Å². The molecule has 1 fully saturated rings. The van der Waals surface area contributed by atoms with E-state index in [1.165, 1.54) is 16.7 Å². The van der Waals surface area contributed by atoms with Crippen molar-refractivity contribution in [2.24, 2.45) is 0 Å². The number of rotatable bonds is 3. The second kappa shape index (κ2) is 7.01. The van der Waals surface area contributed by atoms with E-state index in [4.69, 9.17) is 11.6 Å². The van der Waals surface area contributed by atoms with E-state index in [1.807, 2.05) is 13.0 Å². The van der Waals surface area contributed by atoms with Crippen LogP contribution in [0.1, 0.15) is 5.69 Å². The van der Waals surface area contributed by atoms with Gasteiger partial charge in [-0.05, 0) is 25.1 Å². The third-order valence-electron chi connectivity index (χ3n) is 4.44. The van der Waals surface area contributed by atoms with Gasteiger partial charge in [0.05, 0.1) is 5.02 Å². The Morgan fingerprint density at radius 1 is 1.15 bits per heavy atom. The van der Waals surface area contributed by atoms with Crippen LogP contribution in [0.5, 0.6) is 0 Å². The summed E-state index contributed by atoms with van der Waals surface area (Å²) in [5, 5.41) is 4.43. The monoisotopic (exact) mass is 470 g/mol. The maximum absolute atomic E-state index is 13.0. The molecule has 8 nitrogen and oxygen atoms in total. The molecule has 11 heteroatoms. The lowest BCUT2D eigenvalue weighted by Crippen LogP contribution is -2.49. The number of piperazine rings is 1. The van der Waals surface area contributed by atoms with Crippen molar-refractivity contribution in [3.63, 3.8) is 0 Å². The maximum atomic E-state index is 13.0. The standard InChI is InChI=1S/C16H16BrClN6O2S/c1-11-8-15(24-16(21-11)19-10-20-24)22-4-6-23(7-5-22)27(25,26)14-3-2-12(17)9-13(14)18/h2-3,8-10H,4-7H2,1H3. The van der Waals surface area contributed by atoms with Crippen LogP contribution >= 0.6 is 27.5 Å². The molecule has 27 heavy (non-hydrogen) atoms. The molecule has 0 aliphatic carbocycles. The van der Waals surface area contributed by atoms with E-state index in [2.05, 4.69) is 35.9 Å². The normalized spacial score (nSPS) is 16.2. The third-order valence-corrected chi connectivity index (χ3v) is 7.31. The number of aromatic nitrogens is 4. The Kier molecular flexibility index (Phi) is 4.83. The quantitative estimate of drug-likeness (QED) is 0.583. The number of fused-ring (bicyclic) bond motifs is 1. The second-order valence-corrected chi connectivity index (χ2v) is 9.42. The highest BCUT2D eigenvalue weighted by Crippen LogP contribution is 2.29. The molecule has 0 spiro atoms. The van der Waals surface area contributed by atoms with Crippen LogP contribution < -0.4 is 4.90 Å². The summed E-state index contributed by atoms with van der Waals surface area (Å²) in [6.45, 7) is 3.67. The highest BCUT2D eigenvalue weighted by Gasteiger charge is 2.31. The molecule has 0 atom stereocenters. The Morgan fingerprint density at radius 3 is 2.59 bits per heavy atom. The lowest BCUT2D eigenvalue weighted by Gasteiger charge is -2.35. The molecule has 0 saturated carbocycles. The Hall–Kier alpha value is -1.75. The van der Waals surface area contributed by atoms with Crippen LogP contribution in [-0.4, -0.2) is 58.5 Å². The molecule has 0 amide bonds. The lowest BCUT2D eigenvalue weighted by molar-refractivity contribution is 0.383. The van der Waals surface area contributed by atoms with Gasteiger partial charge in [0, 0.05) is 42.4 Å². The first kappa shape index (κ1) is 18.6. The molecule has 0 bridgehead atoms. The summed E-state index contributed by atoms with van der Waals surface area (Å²) < 4.78 is 29.8. The van der Waals surface area contributed by atoms with Crippen LogP contribution in [0.4, 0.5) is 5.82 Å². The van der Waals surface area contributed by atoms with Crippen LogP contribution in [0.15, 0.2) is 40.0 Å². The number of anilines is 1. The van der Waals surface area contributed by atoms with Gasteiger partial charge in [-0.2, -0.15) is 18.9 Å². The first-order valence-corrected chi connectivity index (χ1v) is 10.8. The van der Waals surface area contributed by atoms with Crippen LogP contribution in [0.3, 0.4) is 0 Å². The summed E-state index contributed by atoms with van der Waals surface area (Å²) in [5.41, 5.74) is 0.835. The van der Waals surface area contributed by atoms with E-state index in [0.29, 0.717) is 32.0 Å². The average Bonchev–Trinajstić information content (AvgIpc) is 3.09. The molecule has 0 unspecified atom stereocenters. The SMILES string of the molecule is Cc1cc(N2CCN(S(=O)(=O)c3ccc(Br)cc3Cl)CC2)n2ncnc2n1. The Bertz CT molecular complexity index is 1110. The molecule has 1 saturated heterocycles. The summed E-state index contributed by atoms with van der Waals surface area (Å²) in [6.07, 6.45) is 1.46. The fourth-order valence-electron chi connectivity index (χ4n) is 3.12. The highest BCUT2D eigenvalue weighted by atomic mass is 79.9. The van der Waals surface area contributed by atoms with E-state index in [-0.39, 0.29) is 9.92 Å². The molecular weight excluding hydrogens is 456 g/mol. The first-order chi connectivity index (χ1) is 12.9. The number of hydrogen-bond donors (Lipinski definition) is 0. The van der Waals surface area contributed by atoms with E-state index < -0.39 is 10.0 Å². The molecule has 1 aliphatic rings. The fourth-order valence-corrected chi connectivity index (χ4v) is 5.55. The zero-order chi connectivity index (χ0) is 19.2. The molecule has 1 aromatic carbocycles. The van der Waals surface area contributed by atoms with Gasteiger partial charge < -0.3 is 4.90 Å². The Balaban J connectivity index is 1.57. The predicted octanol–water partition coefficient (Wildman–Crippen LogP) is 2.36. The number of sulfonamides is 1. The topological polar surface area (TPSA) is 83.7 Å². The molecule has 0 N–H and O–H groups in total. The first-order valence-electron chi connectivity index (χ1n) is 8.24. The number of halogens is 2.